The van der Waals surface area contributed by atoms with Crippen molar-refractivity contribution in [1.82, 2.24) is 14.8 Å². The molecule has 0 saturated heterocycles. The van der Waals surface area contributed by atoms with Crippen molar-refractivity contribution < 1.29 is 14.6 Å². The number of nitrogens with zero attached hydrogens (tertiary/aromatic N) is 3. The molecule has 0 radical (unpaired) electrons. The molecule has 160 valence electrons. The van der Waals surface area contributed by atoms with Crippen molar-refractivity contribution in [1.29, 1.82) is 0 Å². The molecule has 30 heavy (non-hydrogen) atoms. The van der Waals surface area contributed by atoms with Crippen LogP contribution >= 0.6 is 0 Å². The third-order valence-corrected chi connectivity index (χ3v) is 5.36. The van der Waals surface area contributed by atoms with E-state index in [9.17, 15) is 9.90 Å². The van der Waals surface area contributed by atoms with E-state index in [1.165, 1.54) is 0 Å². The lowest BCUT2D eigenvalue weighted by molar-refractivity contribution is 0.0348. The molecule has 1 aromatic heterocycles. The Hall–Kier alpha value is -2.70. The number of likely N-dealkylation sites (N-methyl/N-ethyl adjacent to an activating group) is 1. The van der Waals surface area contributed by atoms with E-state index in [-0.39, 0.29) is 30.6 Å². The van der Waals surface area contributed by atoms with Crippen molar-refractivity contribution in [3.63, 3.8) is 0 Å². The molecule has 2 heterocycles. The maximum atomic E-state index is 13.4. The second kappa shape index (κ2) is 9.87. The molecule has 3 atom stereocenters. The number of aliphatic hydroxyl groups excluding tert-OH is 1. The highest BCUT2D eigenvalue weighted by atomic mass is 16.5. The van der Waals surface area contributed by atoms with Crippen LogP contribution in [0.5, 0.6) is 5.88 Å². The maximum absolute atomic E-state index is 13.4. The van der Waals surface area contributed by atoms with Crippen molar-refractivity contribution in [2.75, 3.05) is 33.8 Å². The third kappa shape index (κ3) is 5.26. The zero-order chi connectivity index (χ0) is 21.7. The van der Waals surface area contributed by atoms with Crippen LogP contribution in [-0.4, -0.2) is 71.7 Å². The Morgan fingerprint density at radius 1 is 1.27 bits per heavy atom. The van der Waals surface area contributed by atoms with Gasteiger partial charge in [0.15, 0.2) is 0 Å². The summed E-state index contributed by atoms with van der Waals surface area (Å²) in [5.74, 6) is 0.285. The molecule has 0 aliphatic carbocycles. The summed E-state index contributed by atoms with van der Waals surface area (Å²) in [6.07, 6.45) is 5.54. The number of ether oxygens (including phenoxy) is 1. The van der Waals surface area contributed by atoms with Gasteiger partial charge in [-0.2, -0.15) is 0 Å². The van der Waals surface area contributed by atoms with Gasteiger partial charge in [-0.05, 0) is 38.2 Å². The number of aliphatic hydroxyl groups is 1. The minimum absolute atomic E-state index is 0.0893. The number of carbonyl (C=O) groups excluding carboxylic acids is 1. The van der Waals surface area contributed by atoms with Gasteiger partial charge < -0.3 is 19.6 Å². The van der Waals surface area contributed by atoms with Gasteiger partial charge in [0.1, 0.15) is 11.7 Å². The van der Waals surface area contributed by atoms with Crippen LogP contribution in [0.3, 0.4) is 0 Å². The molecular formula is C24H31N3O3. The van der Waals surface area contributed by atoms with Crippen molar-refractivity contribution >= 4 is 18.1 Å². The Balaban J connectivity index is 1.98. The summed E-state index contributed by atoms with van der Waals surface area (Å²) >= 11 is 0. The summed E-state index contributed by atoms with van der Waals surface area (Å²) in [5.41, 5.74) is 2.33. The van der Waals surface area contributed by atoms with Crippen LogP contribution in [-0.2, 0) is 0 Å². The second-order valence-electron chi connectivity index (χ2n) is 8.25. The Morgan fingerprint density at radius 2 is 1.97 bits per heavy atom. The number of hydrogen-bond acceptors (Lipinski definition) is 5. The predicted molar refractivity (Wildman–Crippen MR) is 119 cm³/mol. The molecule has 0 unspecified atom stereocenters. The number of fused-ring (bicyclic) bond motifs is 1. The molecule has 6 nitrogen and oxygen atoms in total. The molecule has 0 saturated carbocycles. The van der Waals surface area contributed by atoms with Gasteiger partial charge in [0.2, 0.25) is 5.88 Å². The van der Waals surface area contributed by atoms with Gasteiger partial charge in [0, 0.05) is 25.2 Å². The normalized spacial score (nSPS) is 20.6. The SMILES string of the molecule is C[C@H]1CN([C@@H](C)CO)C(=O)c2cc(/C=C/c3ccccc3)cnc2O[C@@H]1CN(C)C. The molecule has 1 aliphatic rings. The van der Waals surface area contributed by atoms with Gasteiger partial charge in [-0.15, -0.1) is 0 Å². The number of rotatable bonds is 6. The van der Waals surface area contributed by atoms with Crippen molar-refractivity contribution in [3.8, 4) is 5.88 Å². The van der Waals surface area contributed by atoms with Crippen LogP contribution in [0.1, 0.15) is 35.3 Å². The highest BCUT2D eigenvalue weighted by Gasteiger charge is 2.33. The minimum atomic E-state index is -0.283. The van der Waals surface area contributed by atoms with Crippen molar-refractivity contribution in [2.45, 2.75) is 26.0 Å². The standard InChI is InChI=1S/C24H31N3O3/c1-17-14-27(18(2)16-28)24(29)21-12-20(11-10-19-8-6-5-7-9-19)13-25-23(21)30-22(17)15-26(3)4/h5-13,17-18,22,28H,14-16H2,1-4H3/b11-10+/t17-,18-,22+/m0/s1. The minimum Gasteiger partial charge on any atom is -0.472 e. The van der Waals surface area contributed by atoms with Crippen LogP contribution in [0.15, 0.2) is 42.6 Å². The summed E-state index contributed by atoms with van der Waals surface area (Å²) in [5, 5.41) is 9.72. The molecular weight excluding hydrogens is 378 g/mol. The highest BCUT2D eigenvalue weighted by Crippen LogP contribution is 2.27. The lowest BCUT2D eigenvalue weighted by Crippen LogP contribution is -2.49. The van der Waals surface area contributed by atoms with Gasteiger partial charge in [0.05, 0.1) is 12.6 Å². The van der Waals surface area contributed by atoms with E-state index < -0.39 is 0 Å². The Kier molecular flexibility index (Phi) is 7.24. The zero-order valence-corrected chi connectivity index (χ0v) is 18.2. The molecule has 2 aromatic rings. The van der Waals surface area contributed by atoms with Gasteiger partial charge in [-0.1, -0.05) is 49.4 Å². The molecule has 6 heteroatoms. The van der Waals surface area contributed by atoms with Crippen molar-refractivity contribution in [3.05, 3.63) is 59.3 Å². The van der Waals surface area contributed by atoms with E-state index in [0.717, 1.165) is 11.1 Å². The van der Waals surface area contributed by atoms with E-state index in [1.807, 2.05) is 69.6 Å². The van der Waals surface area contributed by atoms with Crippen LogP contribution in [0.4, 0.5) is 0 Å². The van der Waals surface area contributed by atoms with E-state index in [2.05, 4.69) is 16.8 Å². The van der Waals surface area contributed by atoms with Crippen LogP contribution in [0, 0.1) is 5.92 Å². The van der Waals surface area contributed by atoms with Crippen LogP contribution in [0.2, 0.25) is 0 Å². The first-order chi connectivity index (χ1) is 14.4. The number of pyridine rings is 1. The Morgan fingerprint density at radius 3 is 2.63 bits per heavy atom. The average molecular weight is 410 g/mol. The first-order valence-corrected chi connectivity index (χ1v) is 10.4. The molecule has 1 aromatic carbocycles. The smallest absolute Gasteiger partial charge is 0.259 e. The summed E-state index contributed by atoms with van der Waals surface area (Å²) < 4.78 is 6.22. The number of aromatic nitrogens is 1. The second-order valence-corrected chi connectivity index (χ2v) is 8.25. The predicted octanol–water partition coefficient (Wildman–Crippen LogP) is 3.03. The largest absolute Gasteiger partial charge is 0.472 e. The number of benzene rings is 1. The highest BCUT2D eigenvalue weighted by molar-refractivity contribution is 5.97. The number of hydrogen-bond donors (Lipinski definition) is 1. The monoisotopic (exact) mass is 409 g/mol. The van der Waals surface area contributed by atoms with Crippen molar-refractivity contribution in [2.24, 2.45) is 5.92 Å². The first kappa shape index (κ1) is 22.0. The molecule has 1 N–H and O–H groups in total. The quantitative estimate of drug-likeness (QED) is 0.794. The lowest BCUT2D eigenvalue weighted by Gasteiger charge is -2.37. The van der Waals surface area contributed by atoms with Gasteiger partial charge in [-0.25, -0.2) is 4.98 Å². The van der Waals surface area contributed by atoms with E-state index in [4.69, 9.17) is 4.74 Å². The van der Waals surface area contributed by atoms with E-state index >= 15 is 0 Å². The fraction of sp³-hybridized carbons (Fsp3) is 0.417. The molecule has 1 aliphatic heterocycles. The Bertz CT molecular complexity index is 883. The van der Waals surface area contributed by atoms with Gasteiger partial charge >= 0.3 is 0 Å². The molecule has 0 bridgehead atoms. The average Bonchev–Trinajstić information content (AvgIpc) is 2.74. The zero-order valence-electron chi connectivity index (χ0n) is 18.2. The summed E-state index contributed by atoms with van der Waals surface area (Å²) in [4.78, 5) is 21.7. The van der Waals surface area contributed by atoms with E-state index in [0.29, 0.717) is 24.5 Å². The molecule has 0 fully saturated rings. The Labute approximate surface area is 178 Å². The topological polar surface area (TPSA) is 65.9 Å². The fourth-order valence-electron chi connectivity index (χ4n) is 3.54. The van der Waals surface area contributed by atoms with Gasteiger partial charge in [0.25, 0.3) is 5.91 Å². The van der Waals surface area contributed by atoms with Gasteiger partial charge in [-0.3, -0.25) is 4.79 Å². The van der Waals surface area contributed by atoms with Crippen LogP contribution in [0.25, 0.3) is 12.2 Å². The fourth-order valence-corrected chi connectivity index (χ4v) is 3.54. The summed E-state index contributed by atoms with van der Waals surface area (Å²) in [7, 11) is 4.00. The molecule has 3 rings (SSSR count). The first-order valence-electron chi connectivity index (χ1n) is 10.4. The summed E-state index contributed by atoms with van der Waals surface area (Å²) in [6.45, 7) is 5.07. The maximum Gasteiger partial charge on any atom is 0.259 e. The van der Waals surface area contributed by atoms with Crippen LogP contribution < -0.4 is 4.74 Å². The lowest BCUT2D eigenvalue weighted by atomic mass is 10.00. The number of amides is 1. The number of carbonyl (C=O) groups is 1. The summed E-state index contributed by atoms with van der Waals surface area (Å²) in [6, 6.07) is 11.5. The van der Waals surface area contributed by atoms with E-state index in [1.54, 1.807) is 11.1 Å². The molecule has 0 spiro atoms. The third-order valence-electron chi connectivity index (χ3n) is 5.36. The molecule has 1 amide bonds.